The van der Waals surface area contributed by atoms with Crippen LogP contribution in [0.2, 0.25) is 0 Å². The number of carbonyl (C=O) groups is 1. The van der Waals surface area contributed by atoms with E-state index in [1.165, 1.54) is 21.5 Å². The number of nitrogens with zero attached hydrogens (tertiary/aromatic N) is 1. The summed E-state index contributed by atoms with van der Waals surface area (Å²) >= 11 is 3.41. The van der Waals surface area contributed by atoms with E-state index >= 15 is 0 Å². The summed E-state index contributed by atoms with van der Waals surface area (Å²) in [5.41, 5.74) is 1.21. The van der Waals surface area contributed by atoms with Crippen molar-refractivity contribution in [2.24, 2.45) is 0 Å². The Morgan fingerprint density at radius 2 is 1.20 bits per heavy atom. The van der Waals surface area contributed by atoms with Crippen molar-refractivity contribution in [2.75, 3.05) is 14.1 Å². The molecule has 4 aromatic rings. The van der Waals surface area contributed by atoms with Gasteiger partial charge in [-0.1, -0.05) is 75.0 Å². The minimum atomic E-state index is -0.877. The van der Waals surface area contributed by atoms with Gasteiger partial charge in [0.1, 0.15) is 15.9 Å². The normalized spacial score (nSPS) is 9.77. The van der Waals surface area contributed by atoms with Gasteiger partial charge in [-0.3, -0.25) is 4.79 Å². The Balaban J connectivity index is 0.000000327. The van der Waals surface area contributed by atoms with Gasteiger partial charge in [-0.25, -0.2) is 0 Å². The van der Waals surface area contributed by atoms with Crippen LogP contribution in [-0.2, 0) is 31.8 Å². The van der Waals surface area contributed by atoms with Crippen molar-refractivity contribution in [1.29, 1.82) is 0 Å². The fourth-order valence-corrected chi connectivity index (χ4v) is 6.22. The first kappa shape index (κ1) is 30.9. The van der Waals surface area contributed by atoms with Crippen molar-refractivity contribution in [3.63, 3.8) is 0 Å². The summed E-state index contributed by atoms with van der Waals surface area (Å²) in [6, 6.07) is 41.7. The average molecular weight is 643 g/mol. The minimum absolute atomic E-state index is 0. The van der Waals surface area contributed by atoms with Gasteiger partial charge < -0.3 is 10.0 Å². The Morgan fingerprint density at radius 1 is 0.829 bits per heavy atom. The molecule has 4 rings (SSSR count). The molecule has 0 aliphatic rings. The number of halogens is 1. The molecule has 0 aromatic heterocycles. The Morgan fingerprint density at radius 3 is 1.51 bits per heavy atom. The molecule has 0 amide bonds. The van der Waals surface area contributed by atoms with E-state index in [0.29, 0.717) is 0 Å². The summed E-state index contributed by atoms with van der Waals surface area (Å²) in [6.45, 7) is 2.03. The van der Waals surface area contributed by atoms with Crippen LogP contribution in [0.3, 0.4) is 0 Å². The van der Waals surface area contributed by atoms with Crippen molar-refractivity contribution >= 4 is 45.7 Å². The first-order chi connectivity index (χ1) is 16.4. The van der Waals surface area contributed by atoms with E-state index in [2.05, 4.69) is 138 Å². The van der Waals surface area contributed by atoms with E-state index in [0.717, 1.165) is 17.9 Å². The van der Waals surface area contributed by atoms with Gasteiger partial charge >= 0.3 is 20.4 Å². The molecule has 0 bridgehead atoms. The van der Waals surface area contributed by atoms with Gasteiger partial charge in [0, 0.05) is 13.5 Å². The quantitative estimate of drug-likeness (QED) is 0.176. The van der Waals surface area contributed by atoms with Gasteiger partial charge in [0.25, 0.3) is 5.97 Å². The van der Waals surface area contributed by atoms with Gasteiger partial charge in [0.15, 0.2) is 0 Å². The zero-order valence-corrected chi connectivity index (χ0v) is 24.2. The summed E-state index contributed by atoms with van der Waals surface area (Å²) < 4.78 is 1.12. The predicted molar refractivity (Wildman–Crippen MR) is 150 cm³/mol. The van der Waals surface area contributed by atoms with Crippen molar-refractivity contribution in [1.82, 2.24) is 4.90 Å². The van der Waals surface area contributed by atoms with Crippen molar-refractivity contribution in [3.8, 4) is 0 Å². The molecule has 0 atom stereocenters. The molecule has 0 spiro atoms. The maximum atomic E-state index is 9.00. The molecule has 184 valence electrons. The zero-order chi connectivity index (χ0) is 24.8. The zero-order valence-electron chi connectivity index (χ0n) is 20.1. The van der Waals surface area contributed by atoms with E-state index in [9.17, 15) is 0 Å². The van der Waals surface area contributed by atoms with Crippen molar-refractivity contribution in [3.05, 3.63) is 125 Å². The molecule has 6 heteroatoms. The topological polar surface area (TPSA) is 40.5 Å². The molecule has 0 aliphatic carbocycles. The van der Waals surface area contributed by atoms with E-state index in [1.54, 1.807) is 0 Å². The molecule has 35 heavy (non-hydrogen) atoms. The molecule has 1 N–H and O–H groups in total. The fourth-order valence-electron chi connectivity index (χ4n) is 3.23. The van der Waals surface area contributed by atoms with Crippen LogP contribution in [0.4, 0.5) is 0 Å². The number of carboxylic acid groups (broad SMARTS) is 1. The van der Waals surface area contributed by atoms with E-state index in [4.69, 9.17) is 9.90 Å². The molecule has 4 aromatic carbocycles. The number of carboxylic acids is 1. The van der Waals surface area contributed by atoms with Gasteiger partial charge in [0.05, 0.1) is 7.92 Å². The van der Waals surface area contributed by atoms with E-state index in [-0.39, 0.29) is 20.4 Å². The smallest absolute Gasteiger partial charge is 0.481 e. The predicted octanol–water partition coefficient (Wildman–Crippen LogP) is 5.58. The molecule has 0 unspecified atom stereocenters. The minimum Gasteiger partial charge on any atom is -0.481 e. The summed E-state index contributed by atoms with van der Waals surface area (Å²) in [6.07, 6.45) is 0. The van der Waals surface area contributed by atoms with Crippen molar-refractivity contribution < 1.29 is 30.3 Å². The van der Waals surface area contributed by atoms with Crippen LogP contribution in [0, 0.1) is 6.07 Å². The van der Waals surface area contributed by atoms with Gasteiger partial charge in [-0.05, 0) is 50.5 Å². The van der Waals surface area contributed by atoms with Gasteiger partial charge in [-0.2, -0.15) is 24.3 Å². The second-order valence-corrected chi connectivity index (χ2v) is 11.2. The van der Waals surface area contributed by atoms with E-state index < -0.39 is 13.9 Å². The molecule has 0 saturated carbocycles. The fraction of sp³-hybridized carbons (Fsp3) is 0.138. The summed E-state index contributed by atoms with van der Waals surface area (Å²) in [4.78, 5) is 11.1. The number of aliphatic carboxylic acids is 1. The largest absolute Gasteiger partial charge is 2.00 e. The van der Waals surface area contributed by atoms with Crippen LogP contribution in [0.5, 0.6) is 0 Å². The SMILES string of the molecule is CC(=O)O.CN(C)Cc1[c-]ccc(Br)c1.[Pd+2].c1ccc([PH+](c2ccccc2)c2ccccc2)cc1. The molecule has 0 fully saturated rings. The number of benzene rings is 4. The van der Waals surface area contributed by atoms with Crippen LogP contribution in [0.15, 0.2) is 114 Å². The van der Waals surface area contributed by atoms with Crippen LogP contribution < -0.4 is 15.9 Å². The van der Waals surface area contributed by atoms with Crippen LogP contribution in [0.1, 0.15) is 12.5 Å². The maximum absolute atomic E-state index is 9.00. The Hall–Kier alpha value is -2.12. The van der Waals surface area contributed by atoms with E-state index in [1.807, 2.05) is 12.1 Å². The average Bonchev–Trinajstić information content (AvgIpc) is 2.81. The van der Waals surface area contributed by atoms with Crippen LogP contribution in [-0.4, -0.2) is 30.1 Å². The Kier molecular flexibility index (Phi) is 15.3. The molecule has 0 saturated heterocycles. The molecule has 0 radical (unpaired) electrons. The van der Waals surface area contributed by atoms with Crippen molar-refractivity contribution in [2.45, 2.75) is 13.5 Å². The number of rotatable bonds is 5. The molecule has 3 nitrogen and oxygen atoms in total. The summed E-state index contributed by atoms with van der Waals surface area (Å²) in [5.74, 6) is -0.833. The van der Waals surface area contributed by atoms with Crippen LogP contribution in [0.25, 0.3) is 0 Å². The monoisotopic (exact) mass is 641 g/mol. The molecule has 0 heterocycles. The molecular weight excluding hydrogens is 612 g/mol. The first-order valence-corrected chi connectivity index (χ1v) is 13.2. The first-order valence-electron chi connectivity index (χ1n) is 10.9. The standard InChI is InChI=1S/C18H15P.C9H11BrN.C2H4O2.Pd/c1-4-10-16(11-5-1)19(17-12-6-2-7-13-17)18-14-8-3-9-15-18;1-11(2)7-8-4-3-5-9(10)6-8;1-2(3)4;/h1-15H;3,5-6H,7H2,1-2H3;1H3,(H,3,4);/q;-1;;+2/p+1. The maximum Gasteiger partial charge on any atom is 2.00 e. The van der Waals surface area contributed by atoms with Crippen LogP contribution >= 0.6 is 23.9 Å². The third kappa shape index (κ3) is 12.4. The molecule has 0 aliphatic heterocycles. The second kappa shape index (κ2) is 17.3. The third-order valence-corrected chi connectivity index (χ3v) is 7.72. The number of hydrogen-bond acceptors (Lipinski definition) is 2. The van der Waals surface area contributed by atoms with Gasteiger partial charge in [0.2, 0.25) is 0 Å². The number of hydrogen-bond donors (Lipinski definition) is 1. The summed E-state index contributed by atoms with van der Waals surface area (Å²) in [5, 5.41) is 11.7. The van der Waals surface area contributed by atoms with Gasteiger partial charge in [-0.15, -0.1) is 5.56 Å². The second-order valence-electron chi connectivity index (χ2n) is 7.76. The molecular formula is C29H31BrNO2PPd+2. The summed E-state index contributed by atoms with van der Waals surface area (Å²) in [7, 11) is 3.22. The Labute approximate surface area is 232 Å². The third-order valence-electron chi connectivity index (χ3n) is 4.50. The Bertz CT molecular complexity index is 1020.